The molecule has 0 unspecified atom stereocenters. The van der Waals surface area contributed by atoms with E-state index in [0.29, 0.717) is 5.56 Å². The molecule has 1 aliphatic rings. The summed E-state index contributed by atoms with van der Waals surface area (Å²) in [6.45, 7) is -0.774. The van der Waals surface area contributed by atoms with Crippen molar-refractivity contribution in [3.05, 3.63) is 28.0 Å². The van der Waals surface area contributed by atoms with Crippen LogP contribution >= 0.6 is 23.2 Å². The van der Waals surface area contributed by atoms with Crippen molar-refractivity contribution in [3.8, 4) is 0 Å². The minimum Gasteiger partial charge on any atom is -0.288 e. The van der Waals surface area contributed by atoms with Gasteiger partial charge in [-0.25, -0.2) is 4.98 Å². The van der Waals surface area contributed by atoms with Gasteiger partial charge < -0.3 is 0 Å². The van der Waals surface area contributed by atoms with Gasteiger partial charge in [0.05, 0.1) is 6.54 Å². The molecule has 1 aromatic heterocycles. The summed E-state index contributed by atoms with van der Waals surface area (Å²) in [4.78, 5) is 5.21. The third-order valence-corrected chi connectivity index (χ3v) is 3.25. The first-order chi connectivity index (χ1) is 8.35. The summed E-state index contributed by atoms with van der Waals surface area (Å²) in [6, 6.07) is 3.14. The predicted octanol–water partition coefficient (Wildman–Crippen LogP) is 3.92. The maximum Gasteiger partial charge on any atom is 0.401 e. The number of nitrogens with zero attached hydrogens (tertiary/aromatic N) is 2. The molecule has 0 bridgehead atoms. The largest absolute Gasteiger partial charge is 0.401 e. The van der Waals surface area contributed by atoms with Gasteiger partial charge in [-0.3, -0.25) is 4.90 Å². The highest BCUT2D eigenvalue weighted by atomic mass is 35.5. The molecule has 2 rings (SSSR count). The van der Waals surface area contributed by atoms with Gasteiger partial charge in [-0.2, -0.15) is 13.2 Å². The quantitative estimate of drug-likeness (QED) is 0.783. The van der Waals surface area contributed by atoms with Crippen molar-refractivity contribution in [1.29, 1.82) is 0 Å². The van der Waals surface area contributed by atoms with Gasteiger partial charge in [0.15, 0.2) is 0 Å². The van der Waals surface area contributed by atoms with Crippen molar-refractivity contribution < 1.29 is 13.2 Å². The van der Waals surface area contributed by atoms with Crippen LogP contribution in [0.25, 0.3) is 0 Å². The highest BCUT2D eigenvalue weighted by Gasteiger charge is 2.38. The lowest BCUT2D eigenvalue weighted by Gasteiger charge is -2.23. The van der Waals surface area contributed by atoms with E-state index in [1.54, 1.807) is 6.07 Å². The topological polar surface area (TPSA) is 16.1 Å². The third-order valence-electron chi connectivity index (χ3n) is 2.71. The molecule has 0 radical (unpaired) electrons. The Labute approximate surface area is 113 Å². The molecule has 100 valence electrons. The molecule has 7 heteroatoms. The summed E-state index contributed by atoms with van der Waals surface area (Å²) >= 11 is 11.5. The van der Waals surface area contributed by atoms with Gasteiger partial charge in [0, 0.05) is 18.2 Å². The van der Waals surface area contributed by atoms with E-state index in [1.807, 2.05) is 0 Å². The van der Waals surface area contributed by atoms with Gasteiger partial charge in [-0.1, -0.05) is 29.3 Å². The van der Waals surface area contributed by atoms with Crippen molar-refractivity contribution in [2.45, 2.75) is 31.6 Å². The minimum absolute atomic E-state index is 0.00151. The lowest BCUT2D eigenvalue weighted by Crippen LogP contribution is -2.35. The molecule has 2 nitrogen and oxygen atoms in total. The fourth-order valence-electron chi connectivity index (χ4n) is 1.76. The molecular formula is C11H11Cl2F3N2. The molecule has 0 aliphatic heterocycles. The Morgan fingerprint density at radius 3 is 2.44 bits per heavy atom. The average molecular weight is 299 g/mol. The van der Waals surface area contributed by atoms with Crippen LogP contribution in [0.2, 0.25) is 10.3 Å². The molecular weight excluding hydrogens is 288 g/mol. The number of alkyl halides is 3. The van der Waals surface area contributed by atoms with E-state index < -0.39 is 12.7 Å². The van der Waals surface area contributed by atoms with Crippen LogP contribution in [0, 0.1) is 0 Å². The lowest BCUT2D eigenvalue weighted by molar-refractivity contribution is -0.148. The SMILES string of the molecule is FC(F)(F)CN(Cc1ccc(Cl)nc1Cl)C1CC1. The fraction of sp³-hybridized carbons (Fsp3) is 0.545. The van der Waals surface area contributed by atoms with Crippen LogP contribution < -0.4 is 0 Å². The number of rotatable bonds is 4. The Bertz CT molecular complexity index is 433. The van der Waals surface area contributed by atoms with E-state index in [9.17, 15) is 13.2 Å². The molecule has 1 fully saturated rings. The fourth-order valence-corrected chi connectivity index (χ4v) is 2.17. The summed E-state index contributed by atoms with van der Waals surface area (Å²) in [5, 5.41) is 0.396. The monoisotopic (exact) mass is 298 g/mol. The first-order valence-electron chi connectivity index (χ1n) is 5.47. The normalized spacial score (nSPS) is 16.3. The maximum absolute atomic E-state index is 12.4. The molecule has 18 heavy (non-hydrogen) atoms. The summed E-state index contributed by atoms with van der Waals surface area (Å²) in [5.74, 6) is 0. The summed E-state index contributed by atoms with van der Waals surface area (Å²) < 4.78 is 37.3. The maximum atomic E-state index is 12.4. The van der Waals surface area contributed by atoms with Crippen molar-refractivity contribution in [2.24, 2.45) is 0 Å². The predicted molar refractivity (Wildman–Crippen MR) is 63.7 cm³/mol. The minimum atomic E-state index is -4.20. The standard InChI is InChI=1S/C11H11Cl2F3N2/c12-9-4-1-7(10(13)17-9)5-18(8-2-3-8)6-11(14,15)16/h1,4,8H,2-3,5-6H2. The summed E-state index contributed by atoms with van der Waals surface area (Å²) in [5.41, 5.74) is 0.567. The molecule has 1 heterocycles. The average Bonchev–Trinajstić information content (AvgIpc) is 3.02. The van der Waals surface area contributed by atoms with Crippen LogP contribution in [0.4, 0.5) is 13.2 Å². The second-order valence-electron chi connectivity index (χ2n) is 4.34. The molecule has 1 aromatic rings. The molecule has 0 saturated heterocycles. The van der Waals surface area contributed by atoms with Gasteiger partial charge in [0.25, 0.3) is 0 Å². The van der Waals surface area contributed by atoms with E-state index in [-0.39, 0.29) is 22.9 Å². The van der Waals surface area contributed by atoms with E-state index in [2.05, 4.69) is 4.98 Å². The molecule has 0 aromatic carbocycles. The van der Waals surface area contributed by atoms with Crippen LogP contribution in [0.3, 0.4) is 0 Å². The number of hydrogen-bond donors (Lipinski definition) is 0. The van der Waals surface area contributed by atoms with E-state index in [1.165, 1.54) is 11.0 Å². The Balaban J connectivity index is 2.08. The van der Waals surface area contributed by atoms with Crippen molar-refractivity contribution in [3.63, 3.8) is 0 Å². The van der Waals surface area contributed by atoms with Crippen LogP contribution in [-0.4, -0.2) is 28.6 Å². The first-order valence-corrected chi connectivity index (χ1v) is 6.22. The molecule has 1 aliphatic carbocycles. The lowest BCUT2D eigenvalue weighted by atomic mass is 10.2. The molecule has 0 amide bonds. The van der Waals surface area contributed by atoms with Crippen LogP contribution in [0.1, 0.15) is 18.4 Å². The second kappa shape index (κ2) is 5.23. The van der Waals surface area contributed by atoms with E-state index in [0.717, 1.165) is 12.8 Å². The second-order valence-corrected chi connectivity index (χ2v) is 5.08. The van der Waals surface area contributed by atoms with Gasteiger partial charge in [0.1, 0.15) is 10.3 Å². The summed E-state index contributed by atoms with van der Waals surface area (Å²) in [7, 11) is 0. The Morgan fingerprint density at radius 2 is 1.94 bits per heavy atom. The van der Waals surface area contributed by atoms with Crippen molar-refractivity contribution in [1.82, 2.24) is 9.88 Å². The number of halogens is 5. The first kappa shape index (κ1) is 13.9. The van der Waals surface area contributed by atoms with Crippen LogP contribution in [-0.2, 0) is 6.54 Å². The highest BCUT2D eigenvalue weighted by Crippen LogP contribution is 2.32. The number of pyridine rings is 1. The zero-order valence-electron chi connectivity index (χ0n) is 9.34. The Hall–Kier alpha value is -0.520. The van der Waals surface area contributed by atoms with Gasteiger partial charge in [-0.05, 0) is 18.9 Å². The zero-order chi connectivity index (χ0) is 13.3. The number of aromatic nitrogens is 1. The van der Waals surface area contributed by atoms with Crippen molar-refractivity contribution in [2.75, 3.05) is 6.54 Å². The Kier molecular flexibility index (Phi) is 4.04. The highest BCUT2D eigenvalue weighted by molar-refractivity contribution is 6.32. The van der Waals surface area contributed by atoms with Crippen LogP contribution in [0.5, 0.6) is 0 Å². The van der Waals surface area contributed by atoms with Crippen LogP contribution in [0.15, 0.2) is 12.1 Å². The smallest absolute Gasteiger partial charge is 0.288 e. The van der Waals surface area contributed by atoms with Gasteiger partial charge >= 0.3 is 6.18 Å². The van der Waals surface area contributed by atoms with E-state index in [4.69, 9.17) is 23.2 Å². The summed E-state index contributed by atoms with van der Waals surface area (Å²) in [6.07, 6.45) is -2.60. The van der Waals surface area contributed by atoms with Crippen molar-refractivity contribution >= 4 is 23.2 Å². The molecule has 1 saturated carbocycles. The van der Waals surface area contributed by atoms with E-state index >= 15 is 0 Å². The Morgan fingerprint density at radius 1 is 1.28 bits per heavy atom. The van der Waals surface area contributed by atoms with Gasteiger partial charge in [-0.15, -0.1) is 0 Å². The molecule has 0 spiro atoms. The molecule has 0 N–H and O–H groups in total. The zero-order valence-corrected chi connectivity index (χ0v) is 10.9. The number of hydrogen-bond acceptors (Lipinski definition) is 2. The van der Waals surface area contributed by atoms with Gasteiger partial charge in [0.2, 0.25) is 0 Å². The molecule has 0 atom stereocenters. The third kappa shape index (κ3) is 4.00.